The minimum Gasteiger partial charge on any atom is -0.504 e. The fourth-order valence-electron chi connectivity index (χ4n) is 1.60. The third kappa shape index (κ3) is 1.57. The first-order valence-corrected chi connectivity index (χ1v) is 4.51. The lowest BCUT2D eigenvalue weighted by Crippen LogP contribution is -1.91. The van der Waals surface area contributed by atoms with Crippen LogP contribution in [0.15, 0.2) is 29.1 Å². The van der Waals surface area contributed by atoms with Crippen molar-refractivity contribution < 1.29 is 5.11 Å². The molecular weight excluding hydrogens is 164 g/mol. The number of hydrogen-bond donors (Lipinski definition) is 1. The first kappa shape index (κ1) is 8.30. The fraction of sp³-hybridized carbons (Fsp3) is 0.364. The molecule has 68 valence electrons. The summed E-state index contributed by atoms with van der Waals surface area (Å²) >= 11 is 0. The van der Waals surface area contributed by atoms with E-state index in [9.17, 15) is 4.79 Å². The van der Waals surface area contributed by atoms with Gasteiger partial charge in [-0.1, -0.05) is 19.1 Å². The van der Waals surface area contributed by atoms with E-state index >= 15 is 0 Å². The van der Waals surface area contributed by atoms with Gasteiger partial charge in [-0.3, -0.25) is 4.79 Å². The molecule has 1 N–H and O–H groups in total. The molecule has 1 fully saturated rings. The van der Waals surface area contributed by atoms with Crippen LogP contribution in [-0.2, 0) is 0 Å². The maximum atomic E-state index is 11.0. The Balaban J connectivity index is 2.41. The lowest BCUT2D eigenvalue weighted by Gasteiger charge is -1.90. The van der Waals surface area contributed by atoms with Gasteiger partial charge < -0.3 is 5.11 Å². The zero-order valence-corrected chi connectivity index (χ0v) is 7.53. The van der Waals surface area contributed by atoms with Gasteiger partial charge in [0.2, 0.25) is 5.43 Å². The molecule has 2 atom stereocenters. The van der Waals surface area contributed by atoms with Crippen LogP contribution in [-0.4, -0.2) is 5.11 Å². The predicted molar refractivity (Wildman–Crippen MR) is 50.9 cm³/mol. The normalized spacial score (nSPS) is 25.6. The summed E-state index contributed by atoms with van der Waals surface area (Å²) in [5, 5.41) is 9.16. The summed E-state index contributed by atoms with van der Waals surface area (Å²) < 4.78 is 0. The summed E-state index contributed by atoms with van der Waals surface area (Å²) in [4.78, 5) is 11.0. The first-order valence-electron chi connectivity index (χ1n) is 4.51. The molecule has 0 unspecified atom stereocenters. The van der Waals surface area contributed by atoms with Gasteiger partial charge in [-0.15, -0.1) is 0 Å². The molecule has 0 radical (unpaired) electrons. The van der Waals surface area contributed by atoms with Crippen LogP contribution < -0.4 is 5.43 Å². The van der Waals surface area contributed by atoms with E-state index in [0.717, 1.165) is 11.5 Å². The number of hydrogen-bond acceptors (Lipinski definition) is 2. The van der Waals surface area contributed by atoms with Gasteiger partial charge in [0.15, 0.2) is 5.75 Å². The molecule has 0 aliphatic heterocycles. The van der Waals surface area contributed by atoms with Crippen LogP contribution in [0.25, 0.3) is 0 Å². The Kier molecular flexibility index (Phi) is 1.83. The zero-order valence-electron chi connectivity index (χ0n) is 7.53. The summed E-state index contributed by atoms with van der Waals surface area (Å²) in [6, 6.07) is 6.58. The Morgan fingerprint density at radius 3 is 2.54 bits per heavy atom. The number of rotatable bonds is 1. The highest BCUT2D eigenvalue weighted by Crippen LogP contribution is 2.46. The minimum atomic E-state index is -0.306. The molecule has 2 rings (SSSR count). The van der Waals surface area contributed by atoms with Gasteiger partial charge in [-0.25, -0.2) is 0 Å². The van der Waals surface area contributed by atoms with Crippen molar-refractivity contribution in [2.75, 3.05) is 0 Å². The Bertz CT molecular complexity index is 384. The predicted octanol–water partition coefficient (Wildman–Crippen LogP) is 1.88. The van der Waals surface area contributed by atoms with Crippen molar-refractivity contribution in [3.8, 4) is 5.75 Å². The minimum absolute atomic E-state index is 0.167. The highest BCUT2D eigenvalue weighted by molar-refractivity contribution is 5.29. The van der Waals surface area contributed by atoms with Crippen molar-refractivity contribution in [2.24, 2.45) is 5.92 Å². The molecule has 1 aromatic rings. The second-order valence-electron chi connectivity index (χ2n) is 3.74. The van der Waals surface area contributed by atoms with Crippen LogP contribution in [0.2, 0.25) is 0 Å². The lowest BCUT2D eigenvalue weighted by atomic mass is 10.1. The topological polar surface area (TPSA) is 37.3 Å². The highest BCUT2D eigenvalue weighted by Gasteiger charge is 2.33. The van der Waals surface area contributed by atoms with Gasteiger partial charge in [0.25, 0.3) is 0 Å². The average molecular weight is 176 g/mol. The van der Waals surface area contributed by atoms with Crippen molar-refractivity contribution >= 4 is 0 Å². The van der Waals surface area contributed by atoms with E-state index in [2.05, 4.69) is 6.92 Å². The summed E-state index contributed by atoms with van der Waals surface area (Å²) in [6.45, 7) is 2.19. The molecule has 1 aliphatic rings. The van der Waals surface area contributed by atoms with Crippen LogP contribution in [0.1, 0.15) is 24.8 Å². The Hall–Kier alpha value is -1.31. The Morgan fingerprint density at radius 2 is 1.92 bits per heavy atom. The van der Waals surface area contributed by atoms with Gasteiger partial charge in [0.1, 0.15) is 0 Å². The van der Waals surface area contributed by atoms with Crippen LogP contribution in [0.4, 0.5) is 0 Å². The summed E-state index contributed by atoms with van der Waals surface area (Å²) in [7, 11) is 0. The van der Waals surface area contributed by atoms with E-state index in [1.54, 1.807) is 0 Å². The molecule has 1 aromatic carbocycles. The van der Waals surface area contributed by atoms with Gasteiger partial charge in [-0.05, 0) is 36.0 Å². The molecule has 13 heavy (non-hydrogen) atoms. The first-order chi connectivity index (χ1) is 6.18. The molecule has 0 aromatic heterocycles. The Labute approximate surface area is 76.9 Å². The van der Waals surface area contributed by atoms with E-state index < -0.39 is 0 Å². The van der Waals surface area contributed by atoms with Crippen LogP contribution in [0.3, 0.4) is 0 Å². The third-order valence-electron chi connectivity index (χ3n) is 2.65. The van der Waals surface area contributed by atoms with Crippen LogP contribution in [0, 0.1) is 5.92 Å². The second kappa shape index (κ2) is 2.87. The molecular formula is C11H12O2. The highest BCUT2D eigenvalue weighted by atomic mass is 16.3. The van der Waals surface area contributed by atoms with E-state index in [1.807, 2.05) is 12.1 Å². The van der Waals surface area contributed by atoms with E-state index in [1.165, 1.54) is 18.6 Å². The summed E-state index contributed by atoms with van der Waals surface area (Å²) in [5.41, 5.74) is 0.851. The van der Waals surface area contributed by atoms with Crippen molar-refractivity contribution in [3.05, 3.63) is 40.1 Å². The average Bonchev–Trinajstić information content (AvgIpc) is 2.82. The van der Waals surface area contributed by atoms with Gasteiger partial charge in [0.05, 0.1) is 0 Å². The number of aromatic hydroxyl groups is 1. The SMILES string of the molecule is C[C@@H]1C[C@H]1c1ccc(O)c(=O)cc1. The lowest BCUT2D eigenvalue weighted by molar-refractivity contribution is 0.471. The smallest absolute Gasteiger partial charge is 0.220 e. The maximum absolute atomic E-state index is 11.0. The molecule has 2 heteroatoms. The largest absolute Gasteiger partial charge is 0.504 e. The van der Waals surface area contributed by atoms with Gasteiger partial charge >= 0.3 is 0 Å². The second-order valence-corrected chi connectivity index (χ2v) is 3.74. The molecule has 0 heterocycles. The van der Waals surface area contributed by atoms with Gasteiger partial charge in [-0.2, -0.15) is 0 Å². The van der Waals surface area contributed by atoms with Crippen molar-refractivity contribution in [3.63, 3.8) is 0 Å². The van der Waals surface area contributed by atoms with E-state index in [4.69, 9.17) is 5.11 Å². The van der Waals surface area contributed by atoms with Crippen LogP contribution >= 0.6 is 0 Å². The van der Waals surface area contributed by atoms with E-state index in [-0.39, 0.29) is 11.2 Å². The quantitative estimate of drug-likeness (QED) is 0.709. The zero-order chi connectivity index (χ0) is 9.42. The van der Waals surface area contributed by atoms with E-state index in [0.29, 0.717) is 5.92 Å². The van der Waals surface area contributed by atoms with Gasteiger partial charge in [0, 0.05) is 0 Å². The molecule has 0 saturated heterocycles. The summed E-state index contributed by atoms with van der Waals surface area (Å²) in [6.07, 6.45) is 1.19. The van der Waals surface area contributed by atoms with Crippen molar-refractivity contribution in [2.45, 2.75) is 19.3 Å². The molecule has 0 spiro atoms. The Morgan fingerprint density at radius 1 is 1.31 bits per heavy atom. The molecule has 1 saturated carbocycles. The standard InChI is InChI=1S/C11H12O2/c1-7-6-9(7)8-2-4-10(12)11(13)5-3-8/h2-5,7,9H,6H2,1H3,(H,12,13)/t7-,9-/m1/s1. The molecule has 1 aliphatic carbocycles. The molecule has 2 nitrogen and oxygen atoms in total. The molecule has 0 bridgehead atoms. The maximum Gasteiger partial charge on any atom is 0.220 e. The van der Waals surface area contributed by atoms with Crippen molar-refractivity contribution in [1.82, 2.24) is 0 Å². The third-order valence-corrected chi connectivity index (χ3v) is 2.65. The monoisotopic (exact) mass is 176 g/mol. The van der Waals surface area contributed by atoms with Crippen LogP contribution in [0.5, 0.6) is 5.75 Å². The molecule has 0 amide bonds. The van der Waals surface area contributed by atoms with Crippen molar-refractivity contribution in [1.29, 1.82) is 0 Å². The fourth-order valence-corrected chi connectivity index (χ4v) is 1.60. The summed E-state index contributed by atoms with van der Waals surface area (Å²) in [5.74, 6) is 1.14.